The molecule has 6 heteroatoms. The summed E-state index contributed by atoms with van der Waals surface area (Å²) in [5.74, 6) is 0.266. The molecule has 1 rings (SSSR count). The standard InChI is InChI=1S/C9H12ClN3OS/c1-5(2)7(4-14)12-9-6(3-11)8(10)13-15-9/h5,7,12,14H,4H2,1-2H3/t7-/m1/s1. The Morgan fingerprint density at radius 3 is 2.80 bits per heavy atom. The van der Waals surface area contributed by atoms with E-state index in [4.69, 9.17) is 22.0 Å². The molecule has 0 aliphatic carbocycles. The number of nitrogens with one attached hydrogen (secondary N) is 1. The maximum Gasteiger partial charge on any atom is 0.162 e. The molecule has 0 aliphatic heterocycles. The Kier molecular flexibility index (Phi) is 4.33. The van der Waals surface area contributed by atoms with Gasteiger partial charge in [0.05, 0.1) is 12.6 Å². The summed E-state index contributed by atoms with van der Waals surface area (Å²) in [5, 5.41) is 21.9. The number of hydrogen-bond donors (Lipinski definition) is 2. The van der Waals surface area contributed by atoms with Crippen LogP contribution >= 0.6 is 23.1 Å². The van der Waals surface area contributed by atoms with E-state index < -0.39 is 0 Å². The lowest BCUT2D eigenvalue weighted by Gasteiger charge is -2.19. The number of aromatic nitrogens is 1. The van der Waals surface area contributed by atoms with E-state index in [1.54, 1.807) is 0 Å². The van der Waals surface area contributed by atoms with Crippen molar-refractivity contribution in [3.63, 3.8) is 0 Å². The fourth-order valence-corrected chi connectivity index (χ4v) is 2.05. The van der Waals surface area contributed by atoms with Crippen LogP contribution in [-0.4, -0.2) is 22.1 Å². The fraction of sp³-hybridized carbons (Fsp3) is 0.556. The number of halogens is 1. The van der Waals surface area contributed by atoms with Gasteiger partial charge in [0.1, 0.15) is 16.6 Å². The van der Waals surface area contributed by atoms with Crippen LogP contribution in [0.15, 0.2) is 0 Å². The monoisotopic (exact) mass is 245 g/mol. The summed E-state index contributed by atoms with van der Waals surface area (Å²) >= 11 is 6.86. The average Bonchev–Trinajstić information content (AvgIpc) is 2.54. The summed E-state index contributed by atoms with van der Waals surface area (Å²) in [7, 11) is 0. The molecule has 0 bridgehead atoms. The van der Waals surface area contributed by atoms with Gasteiger partial charge in [0.2, 0.25) is 0 Å². The molecule has 0 aliphatic rings. The van der Waals surface area contributed by atoms with Crippen molar-refractivity contribution in [2.24, 2.45) is 5.92 Å². The third kappa shape index (κ3) is 2.81. The van der Waals surface area contributed by atoms with E-state index >= 15 is 0 Å². The molecule has 1 atom stereocenters. The van der Waals surface area contributed by atoms with Crippen LogP contribution in [0.25, 0.3) is 0 Å². The molecule has 15 heavy (non-hydrogen) atoms. The Balaban J connectivity index is 2.84. The summed E-state index contributed by atoms with van der Waals surface area (Å²) in [6.45, 7) is 3.99. The van der Waals surface area contributed by atoms with Crippen molar-refractivity contribution >= 4 is 28.1 Å². The molecule has 82 valence electrons. The summed E-state index contributed by atoms with van der Waals surface area (Å²) in [6, 6.07) is 1.89. The van der Waals surface area contributed by atoms with Gasteiger partial charge in [-0.3, -0.25) is 0 Å². The van der Waals surface area contributed by atoms with Gasteiger partial charge in [0.25, 0.3) is 0 Å². The predicted octanol–water partition coefficient (Wildman–Crippen LogP) is 2.10. The van der Waals surface area contributed by atoms with Crippen LogP contribution in [-0.2, 0) is 0 Å². The van der Waals surface area contributed by atoms with Crippen molar-refractivity contribution in [1.82, 2.24) is 4.37 Å². The van der Waals surface area contributed by atoms with Gasteiger partial charge in [-0.1, -0.05) is 25.4 Å². The molecule has 0 saturated carbocycles. The van der Waals surface area contributed by atoms with Crippen LogP contribution < -0.4 is 5.32 Å². The minimum atomic E-state index is -0.0892. The maximum absolute atomic E-state index is 9.13. The first-order chi connectivity index (χ1) is 7.10. The first kappa shape index (κ1) is 12.2. The van der Waals surface area contributed by atoms with Gasteiger partial charge in [0.15, 0.2) is 5.15 Å². The molecular formula is C9H12ClN3OS. The molecule has 4 nitrogen and oxygen atoms in total. The molecule has 2 N–H and O–H groups in total. The summed E-state index contributed by atoms with van der Waals surface area (Å²) in [5.41, 5.74) is 0.348. The van der Waals surface area contributed by atoms with Crippen LogP contribution in [0.4, 0.5) is 5.00 Å². The molecule has 0 spiro atoms. The Bertz CT molecular complexity index is 372. The van der Waals surface area contributed by atoms with Crippen LogP contribution in [0, 0.1) is 17.2 Å². The lowest BCUT2D eigenvalue weighted by molar-refractivity contribution is 0.249. The number of rotatable bonds is 4. The zero-order valence-corrected chi connectivity index (χ0v) is 10.1. The van der Waals surface area contributed by atoms with Crippen LogP contribution in [0.3, 0.4) is 0 Å². The van der Waals surface area contributed by atoms with Crippen molar-refractivity contribution in [1.29, 1.82) is 5.26 Å². The second-order valence-corrected chi connectivity index (χ2v) is 4.60. The largest absolute Gasteiger partial charge is 0.394 e. The highest BCUT2D eigenvalue weighted by molar-refractivity contribution is 7.10. The molecular weight excluding hydrogens is 234 g/mol. The number of nitriles is 1. The molecule has 1 aromatic rings. The summed E-state index contributed by atoms with van der Waals surface area (Å²) in [6.07, 6.45) is 0. The van der Waals surface area contributed by atoms with Crippen molar-refractivity contribution in [3.8, 4) is 6.07 Å². The second-order valence-electron chi connectivity index (χ2n) is 3.47. The van der Waals surface area contributed by atoms with Gasteiger partial charge in [-0.25, -0.2) is 0 Å². The molecule has 0 saturated heterocycles. The fourth-order valence-electron chi connectivity index (χ4n) is 1.06. The minimum absolute atomic E-state index is 0.0120. The minimum Gasteiger partial charge on any atom is -0.394 e. The van der Waals surface area contributed by atoms with Gasteiger partial charge in [0, 0.05) is 0 Å². The quantitative estimate of drug-likeness (QED) is 0.852. The Morgan fingerprint density at radius 1 is 1.67 bits per heavy atom. The zero-order valence-electron chi connectivity index (χ0n) is 8.49. The van der Waals surface area contributed by atoms with E-state index in [1.165, 1.54) is 0 Å². The van der Waals surface area contributed by atoms with E-state index in [-0.39, 0.29) is 23.7 Å². The molecule has 0 amide bonds. The highest BCUT2D eigenvalue weighted by Gasteiger charge is 2.17. The van der Waals surface area contributed by atoms with E-state index in [9.17, 15) is 0 Å². The van der Waals surface area contributed by atoms with Crippen LogP contribution in [0.5, 0.6) is 0 Å². The smallest absolute Gasteiger partial charge is 0.162 e. The van der Waals surface area contributed by atoms with Crippen LogP contribution in [0.1, 0.15) is 19.4 Å². The average molecular weight is 246 g/mol. The van der Waals surface area contributed by atoms with E-state index in [2.05, 4.69) is 9.69 Å². The Morgan fingerprint density at radius 2 is 2.33 bits per heavy atom. The Labute approximate surface area is 97.7 Å². The molecule has 1 aromatic heterocycles. The van der Waals surface area contributed by atoms with Gasteiger partial charge in [-0.15, -0.1) is 0 Å². The Hall–Kier alpha value is -0.830. The molecule has 1 heterocycles. The summed E-state index contributed by atoms with van der Waals surface area (Å²) < 4.78 is 3.87. The van der Waals surface area contributed by atoms with Crippen LogP contribution in [0.2, 0.25) is 5.15 Å². The number of anilines is 1. The topological polar surface area (TPSA) is 68.9 Å². The van der Waals surface area contributed by atoms with E-state index in [0.29, 0.717) is 10.6 Å². The van der Waals surface area contributed by atoms with Crippen molar-refractivity contribution in [3.05, 3.63) is 10.7 Å². The molecule has 0 fully saturated rings. The lowest BCUT2D eigenvalue weighted by Crippen LogP contribution is -2.29. The second kappa shape index (κ2) is 5.31. The number of aliphatic hydroxyl groups is 1. The van der Waals surface area contributed by atoms with Gasteiger partial charge in [-0.2, -0.15) is 9.64 Å². The van der Waals surface area contributed by atoms with Gasteiger partial charge in [-0.05, 0) is 17.5 Å². The SMILES string of the molecule is CC(C)[C@@H](CO)Nc1snc(Cl)c1C#N. The number of hydrogen-bond acceptors (Lipinski definition) is 5. The zero-order chi connectivity index (χ0) is 11.4. The van der Waals surface area contributed by atoms with Crippen molar-refractivity contribution in [2.75, 3.05) is 11.9 Å². The normalized spacial score (nSPS) is 12.5. The van der Waals surface area contributed by atoms with E-state index in [1.807, 2.05) is 19.9 Å². The molecule has 0 unspecified atom stereocenters. The third-order valence-electron chi connectivity index (χ3n) is 2.08. The lowest BCUT2D eigenvalue weighted by atomic mass is 10.1. The molecule has 0 aromatic carbocycles. The van der Waals surface area contributed by atoms with Crippen molar-refractivity contribution < 1.29 is 5.11 Å². The molecule has 0 radical (unpaired) electrons. The van der Waals surface area contributed by atoms with E-state index in [0.717, 1.165) is 11.5 Å². The number of nitrogens with zero attached hydrogens (tertiary/aromatic N) is 2. The predicted molar refractivity (Wildman–Crippen MR) is 61.2 cm³/mol. The third-order valence-corrected chi connectivity index (χ3v) is 3.23. The van der Waals surface area contributed by atoms with Gasteiger partial charge < -0.3 is 10.4 Å². The van der Waals surface area contributed by atoms with Gasteiger partial charge >= 0.3 is 0 Å². The number of aliphatic hydroxyl groups excluding tert-OH is 1. The first-order valence-electron chi connectivity index (χ1n) is 4.52. The maximum atomic E-state index is 9.13. The van der Waals surface area contributed by atoms with Crippen molar-refractivity contribution in [2.45, 2.75) is 19.9 Å². The highest BCUT2D eigenvalue weighted by Crippen LogP contribution is 2.28. The highest BCUT2D eigenvalue weighted by atomic mass is 35.5. The first-order valence-corrected chi connectivity index (χ1v) is 5.68. The summed E-state index contributed by atoms with van der Waals surface area (Å²) in [4.78, 5) is 0.